The van der Waals surface area contributed by atoms with Gasteiger partial charge in [-0.3, -0.25) is 0 Å². The van der Waals surface area contributed by atoms with Gasteiger partial charge >= 0.3 is 0 Å². The Labute approximate surface area is 132 Å². The summed E-state index contributed by atoms with van der Waals surface area (Å²) in [6, 6.07) is 15.1. The smallest absolute Gasteiger partial charge is 0.187 e. The van der Waals surface area contributed by atoms with E-state index in [-0.39, 0.29) is 5.41 Å². The van der Waals surface area contributed by atoms with Gasteiger partial charge in [0.25, 0.3) is 0 Å². The molecule has 0 bridgehead atoms. The molecule has 0 saturated heterocycles. The lowest BCUT2D eigenvalue weighted by atomic mass is 9.84. The molecule has 110 valence electrons. The molecule has 21 heavy (non-hydrogen) atoms. The Morgan fingerprint density at radius 2 is 1.81 bits per heavy atom. The van der Waals surface area contributed by atoms with Gasteiger partial charge in [-0.15, -0.1) is 11.8 Å². The summed E-state index contributed by atoms with van der Waals surface area (Å²) in [6.07, 6.45) is 9.74. The van der Waals surface area contributed by atoms with Gasteiger partial charge in [0, 0.05) is 17.0 Å². The molecule has 0 amide bonds. The SMILES string of the molecule is CSc1ccc(/C=C/CC(C)(C)c2cccc[n+]2C)cc1. The lowest BCUT2D eigenvalue weighted by Crippen LogP contribution is -2.40. The lowest BCUT2D eigenvalue weighted by molar-refractivity contribution is -0.682. The molecule has 1 aromatic heterocycles. The molecule has 1 nitrogen and oxygen atoms in total. The maximum absolute atomic E-state index is 2.30. The first kappa shape index (κ1) is 15.8. The van der Waals surface area contributed by atoms with Crippen LogP contribution in [-0.4, -0.2) is 6.26 Å². The molecule has 0 fully saturated rings. The van der Waals surface area contributed by atoms with Crippen LogP contribution in [0, 0.1) is 0 Å². The third-order valence-electron chi connectivity index (χ3n) is 3.80. The first-order valence-corrected chi connectivity index (χ1v) is 8.51. The van der Waals surface area contributed by atoms with Crippen LogP contribution in [0.3, 0.4) is 0 Å². The molecule has 0 radical (unpaired) electrons. The minimum atomic E-state index is 0.131. The fourth-order valence-electron chi connectivity index (χ4n) is 2.54. The van der Waals surface area contributed by atoms with Crippen molar-refractivity contribution in [2.45, 2.75) is 30.6 Å². The Morgan fingerprint density at radius 1 is 1.10 bits per heavy atom. The third-order valence-corrected chi connectivity index (χ3v) is 4.55. The zero-order valence-corrected chi connectivity index (χ0v) is 14.2. The molecule has 0 saturated carbocycles. The Bertz CT molecular complexity index is 612. The van der Waals surface area contributed by atoms with E-state index >= 15 is 0 Å². The van der Waals surface area contributed by atoms with E-state index in [2.05, 4.69) is 92.5 Å². The molecule has 2 rings (SSSR count). The third kappa shape index (κ3) is 4.21. The van der Waals surface area contributed by atoms with Crippen LogP contribution in [0.15, 0.2) is 59.6 Å². The summed E-state index contributed by atoms with van der Waals surface area (Å²) in [7, 11) is 2.11. The van der Waals surface area contributed by atoms with Crippen molar-refractivity contribution in [3.8, 4) is 0 Å². The van der Waals surface area contributed by atoms with Crippen LogP contribution in [0.2, 0.25) is 0 Å². The molecule has 0 aliphatic heterocycles. The van der Waals surface area contributed by atoms with Crippen LogP contribution < -0.4 is 4.57 Å². The molecular weight excluding hydrogens is 274 g/mol. The number of pyridine rings is 1. The molecule has 0 unspecified atom stereocenters. The van der Waals surface area contributed by atoms with Crippen molar-refractivity contribution in [2.75, 3.05) is 6.26 Å². The van der Waals surface area contributed by atoms with Gasteiger partial charge in [0.15, 0.2) is 11.9 Å². The minimum absolute atomic E-state index is 0.131. The van der Waals surface area contributed by atoms with Crippen molar-refractivity contribution in [2.24, 2.45) is 7.05 Å². The van der Waals surface area contributed by atoms with E-state index in [0.29, 0.717) is 0 Å². The molecule has 0 aliphatic rings. The topological polar surface area (TPSA) is 3.88 Å². The zero-order chi connectivity index (χ0) is 15.3. The maximum atomic E-state index is 2.30. The number of thioether (sulfide) groups is 1. The summed E-state index contributed by atoms with van der Waals surface area (Å²) < 4.78 is 2.21. The van der Waals surface area contributed by atoms with E-state index in [9.17, 15) is 0 Å². The predicted octanol–water partition coefficient (Wildman–Crippen LogP) is 4.61. The quantitative estimate of drug-likeness (QED) is 0.575. The normalized spacial score (nSPS) is 12.0. The van der Waals surface area contributed by atoms with Gasteiger partial charge in [0.05, 0.1) is 5.41 Å². The van der Waals surface area contributed by atoms with E-state index in [0.717, 1.165) is 6.42 Å². The fourth-order valence-corrected chi connectivity index (χ4v) is 2.94. The number of benzene rings is 1. The summed E-state index contributed by atoms with van der Waals surface area (Å²) >= 11 is 1.78. The average Bonchev–Trinajstić information content (AvgIpc) is 2.48. The number of allylic oxidation sites excluding steroid dienone is 1. The van der Waals surface area contributed by atoms with Crippen LogP contribution in [0.5, 0.6) is 0 Å². The number of nitrogens with zero attached hydrogens (tertiary/aromatic N) is 1. The Balaban J connectivity index is 2.07. The standard InChI is InChI=1S/C19H24NS/c1-19(2,18-9-5-6-15-20(18)3)14-7-8-16-10-12-17(21-4)13-11-16/h5-13,15H,14H2,1-4H3/q+1/b8-7+. The van der Waals surface area contributed by atoms with Crippen molar-refractivity contribution in [3.05, 3.63) is 66.0 Å². The van der Waals surface area contributed by atoms with E-state index < -0.39 is 0 Å². The lowest BCUT2D eigenvalue weighted by Gasteiger charge is -2.19. The average molecular weight is 298 g/mol. The number of aryl methyl sites for hydroxylation is 1. The molecule has 0 spiro atoms. The van der Waals surface area contributed by atoms with Crippen molar-refractivity contribution in [1.29, 1.82) is 0 Å². The largest absolute Gasteiger partial charge is 0.205 e. The van der Waals surface area contributed by atoms with Crippen molar-refractivity contribution >= 4 is 17.8 Å². The van der Waals surface area contributed by atoms with Gasteiger partial charge in [-0.1, -0.05) is 30.4 Å². The maximum Gasteiger partial charge on any atom is 0.187 e. The second-order valence-electron chi connectivity index (χ2n) is 5.96. The second-order valence-corrected chi connectivity index (χ2v) is 6.84. The van der Waals surface area contributed by atoms with E-state index in [4.69, 9.17) is 0 Å². The van der Waals surface area contributed by atoms with Crippen molar-refractivity contribution < 1.29 is 4.57 Å². The Morgan fingerprint density at radius 3 is 2.43 bits per heavy atom. The summed E-state index contributed by atoms with van der Waals surface area (Å²) in [5.74, 6) is 0. The monoisotopic (exact) mass is 298 g/mol. The molecule has 0 aliphatic carbocycles. The van der Waals surface area contributed by atoms with Crippen LogP contribution in [-0.2, 0) is 12.5 Å². The highest BCUT2D eigenvalue weighted by Crippen LogP contribution is 2.25. The number of rotatable bonds is 5. The summed E-state index contributed by atoms with van der Waals surface area (Å²) in [4.78, 5) is 1.31. The van der Waals surface area contributed by atoms with Crippen molar-refractivity contribution in [3.63, 3.8) is 0 Å². The highest BCUT2D eigenvalue weighted by atomic mass is 32.2. The van der Waals surface area contributed by atoms with Gasteiger partial charge < -0.3 is 0 Å². The first-order chi connectivity index (χ1) is 10.0. The minimum Gasteiger partial charge on any atom is -0.205 e. The van der Waals surface area contributed by atoms with Crippen LogP contribution in [0.25, 0.3) is 6.08 Å². The van der Waals surface area contributed by atoms with Gasteiger partial charge in [0.1, 0.15) is 7.05 Å². The molecule has 1 heterocycles. The highest BCUT2D eigenvalue weighted by molar-refractivity contribution is 7.98. The molecule has 1 aromatic carbocycles. The molecule has 0 atom stereocenters. The van der Waals surface area contributed by atoms with Crippen LogP contribution in [0.4, 0.5) is 0 Å². The van der Waals surface area contributed by atoms with Crippen LogP contribution >= 0.6 is 11.8 Å². The molecular formula is C19H24NS+. The van der Waals surface area contributed by atoms with E-state index in [1.54, 1.807) is 11.8 Å². The predicted molar refractivity (Wildman–Crippen MR) is 92.5 cm³/mol. The first-order valence-electron chi connectivity index (χ1n) is 7.29. The van der Waals surface area contributed by atoms with Gasteiger partial charge in [-0.05, 0) is 44.2 Å². The molecule has 0 N–H and O–H groups in total. The Kier molecular flexibility index (Phi) is 5.24. The molecule has 2 aromatic rings. The fraction of sp³-hybridized carbons (Fsp3) is 0.316. The summed E-state index contributed by atoms with van der Waals surface area (Å²) in [5, 5.41) is 0. The highest BCUT2D eigenvalue weighted by Gasteiger charge is 2.26. The van der Waals surface area contributed by atoms with E-state index in [1.165, 1.54) is 16.2 Å². The number of hydrogen-bond donors (Lipinski definition) is 0. The Hall–Kier alpha value is -1.54. The summed E-state index contributed by atoms with van der Waals surface area (Å²) in [6.45, 7) is 4.59. The second kappa shape index (κ2) is 6.95. The van der Waals surface area contributed by atoms with Gasteiger partial charge in [-0.2, -0.15) is 0 Å². The van der Waals surface area contributed by atoms with Gasteiger partial charge in [0.2, 0.25) is 0 Å². The zero-order valence-electron chi connectivity index (χ0n) is 13.3. The number of hydrogen-bond acceptors (Lipinski definition) is 1. The van der Waals surface area contributed by atoms with Gasteiger partial charge in [-0.25, -0.2) is 4.57 Å². The molecule has 2 heteroatoms. The van der Waals surface area contributed by atoms with Crippen molar-refractivity contribution in [1.82, 2.24) is 0 Å². The number of aromatic nitrogens is 1. The van der Waals surface area contributed by atoms with E-state index in [1.807, 2.05) is 0 Å². The van der Waals surface area contributed by atoms with Crippen LogP contribution in [0.1, 0.15) is 31.5 Å². The summed E-state index contributed by atoms with van der Waals surface area (Å²) in [5.41, 5.74) is 2.75.